The smallest absolute Gasteiger partial charge is 0.254 e. The third kappa shape index (κ3) is 4.52. The Bertz CT molecular complexity index is 1220. The van der Waals surface area contributed by atoms with Crippen LogP contribution in [0.4, 0.5) is 0 Å². The summed E-state index contributed by atoms with van der Waals surface area (Å²) in [5.41, 5.74) is 1.97. The van der Waals surface area contributed by atoms with E-state index in [1.165, 1.54) is 19.2 Å². The van der Waals surface area contributed by atoms with Gasteiger partial charge < -0.3 is 9.64 Å². The second-order valence-electron chi connectivity index (χ2n) is 7.92. The molecule has 4 rings (SSSR count). The first-order valence-corrected chi connectivity index (χ1v) is 12.1. The standard InChI is InChI=1S/C22H27N5O4S/c1-16-6-7-18(32(29,30)23-10-14-31-2)15-19(16)22(28)26-12-8-17(9-13-26)21-25-24-20-5-3-4-11-27(20)21/h3-7,11,15,17,23H,8-10,12-14H2,1-2H3. The van der Waals surface area contributed by atoms with Gasteiger partial charge in [0.1, 0.15) is 5.82 Å². The monoisotopic (exact) mass is 457 g/mol. The summed E-state index contributed by atoms with van der Waals surface area (Å²) in [6, 6.07) is 10.5. The highest BCUT2D eigenvalue weighted by Crippen LogP contribution is 2.28. The Morgan fingerprint density at radius 1 is 1.19 bits per heavy atom. The molecule has 0 atom stereocenters. The zero-order chi connectivity index (χ0) is 22.7. The van der Waals surface area contributed by atoms with Crippen LogP contribution in [-0.4, -0.2) is 67.2 Å². The molecule has 3 aromatic rings. The van der Waals surface area contributed by atoms with Crippen LogP contribution in [0.5, 0.6) is 0 Å². The molecule has 0 bridgehead atoms. The van der Waals surface area contributed by atoms with Crippen molar-refractivity contribution in [3.63, 3.8) is 0 Å². The molecule has 32 heavy (non-hydrogen) atoms. The van der Waals surface area contributed by atoms with Crippen molar-refractivity contribution >= 4 is 21.6 Å². The molecule has 1 saturated heterocycles. The SMILES string of the molecule is COCCNS(=O)(=O)c1ccc(C)c(C(=O)N2CCC(c3nnc4ccccn34)CC2)c1. The second-order valence-corrected chi connectivity index (χ2v) is 9.69. The minimum absolute atomic E-state index is 0.0763. The first-order valence-electron chi connectivity index (χ1n) is 10.6. The third-order valence-electron chi connectivity index (χ3n) is 5.84. The number of methoxy groups -OCH3 is 1. The van der Waals surface area contributed by atoms with Crippen molar-refractivity contribution in [1.82, 2.24) is 24.2 Å². The molecule has 0 unspecified atom stereocenters. The summed E-state index contributed by atoms with van der Waals surface area (Å²) in [6.45, 7) is 3.41. The average molecular weight is 458 g/mol. The number of nitrogens with one attached hydrogen (secondary N) is 1. The summed E-state index contributed by atoms with van der Waals surface area (Å²) in [7, 11) is -2.21. The fraction of sp³-hybridized carbons (Fsp3) is 0.409. The number of aromatic nitrogens is 3. The largest absolute Gasteiger partial charge is 0.383 e. The van der Waals surface area contributed by atoms with E-state index in [9.17, 15) is 13.2 Å². The van der Waals surface area contributed by atoms with Gasteiger partial charge in [-0.25, -0.2) is 13.1 Å². The van der Waals surface area contributed by atoms with Gasteiger partial charge >= 0.3 is 0 Å². The summed E-state index contributed by atoms with van der Waals surface area (Å²) in [5.74, 6) is 0.981. The Hall–Kier alpha value is -2.82. The van der Waals surface area contributed by atoms with Crippen molar-refractivity contribution < 1.29 is 17.9 Å². The number of hydrogen-bond acceptors (Lipinski definition) is 6. The molecule has 1 amide bonds. The lowest BCUT2D eigenvalue weighted by molar-refractivity contribution is 0.0710. The minimum atomic E-state index is -3.71. The van der Waals surface area contributed by atoms with Gasteiger partial charge in [0.25, 0.3) is 5.91 Å². The maximum absolute atomic E-state index is 13.2. The Morgan fingerprint density at radius 2 is 1.97 bits per heavy atom. The molecule has 1 aromatic carbocycles. The maximum atomic E-state index is 13.2. The number of hydrogen-bond donors (Lipinski definition) is 1. The number of benzene rings is 1. The summed E-state index contributed by atoms with van der Waals surface area (Å²) in [4.78, 5) is 15.1. The van der Waals surface area contributed by atoms with Gasteiger partial charge in [-0.05, 0) is 49.6 Å². The number of likely N-dealkylation sites (tertiary alicyclic amines) is 1. The number of sulfonamides is 1. The fourth-order valence-corrected chi connectivity index (χ4v) is 5.05. The number of carbonyl (C=O) groups is 1. The van der Waals surface area contributed by atoms with Crippen LogP contribution >= 0.6 is 0 Å². The normalized spacial score (nSPS) is 15.4. The molecule has 2 aromatic heterocycles. The van der Waals surface area contributed by atoms with Gasteiger partial charge in [-0.3, -0.25) is 9.20 Å². The van der Waals surface area contributed by atoms with Crippen molar-refractivity contribution in [2.24, 2.45) is 0 Å². The second kappa shape index (κ2) is 9.35. The summed E-state index contributed by atoms with van der Waals surface area (Å²) in [5, 5.41) is 8.59. The maximum Gasteiger partial charge on any atom is 0.254 e. The molecule has 0 radical (unpaired) electrons. The molecular weight excluding hydrogens is 430 g/mol. The first-order chi connectivity index (χ1) is 15.4. The lowest BCUT2D eigenvalue weighted by Crippen LogP contribution is -2.38. The van der Waals surface area contributed by atoms with Gasteiger partial charge in [0, 0.05) is 44.4 Å². The molecule has 1 aliphatic heterocycles. The number of amides is 1. The minimum Gasteiger partial charge on any atom is -0.383 e. The number of pyridine rings is 1. The molecule has 0 aliphatic carbocycles. The Balaban J connectivity index is 1.47. The molecule has 0 saturated carbocycles. The average Bonchev–Trinajstić information content (AvgIpc) is 3.23. The number of carbonyl (C=O) groups excluding carboxylic acids is 1. The van der Waals surface area contributed by atoms with Crippen molar-refractivity contribution in [1.29, 1.82) is 0 Å². The number of rotatable bonds is 7. The zero-order valence-corrected chi connectivity index (χ0v) is 19.0. The van der Waals surface area contributed by atoms with Crippen LogP contribution in [0.25, 0.3) is 5.65 Å². The van der Waals surface area contributed by atoms with E-state index < -0.39 is 10.0 Å². The number of fused-ring (bicyclic) bond motifs is 1. The van der Waals surface area contributed by atoms with Crippen LogP contribution in [0.15, 0.2) is 47.5 Å². The van der Waals surface area contributed by atoms with Gasteiger partial charge in [-0.15, -0.1) is 10.2 Å². The number of aryl methyl sites for hydroxylation is 1. The van der Waals surface area contributed by atoms with Crippen LogP contribution in [0, 0.1) is 6.92 Å². The molecule has 0 spiro atoms. The Kier molecular flexibility index (Phi) is 6.54. The molecule has 1 aliphatic rings. The Morgan fingerprint density at radius 3 is 2.72 bits per heavy atom. The van der Waals surface area contributed by atoms with E-state index >= 15 is 0 Å². The Labute approximate surface area is 187 Å². The number of piperidine rings is 1. The predicted octanol–water partition coefficient (Wildman–Crippen LogP) is 1.98. The predicted molar refractivity (Wildman–Crippen MR) is 119 cm³/mol. The van der Waals surface area contributed by atoms with Crippen molar-refractivity contribution in [3.8, 4) is 0 Å². The van der Waals surface area contributed by atoms with Gasteiger partial charge in [0.05, 0.1) is 11.5 Å². The van der Waals surface area contributed by atoms with E-state index in [1.807, 2.05) is 35.7 Å². The van der Waals surface area contributed by atoms with Gasteiger partial charge in [-0.1, -0.05) is 12.1 Å². The highest BCUT2D eigenvalue weighted by molar-refractivity contribution is 7.89. The van der Waals surface area contributed by atoms with Gasteiger partial charge in [0.2, 0.25) is 10.0 Å². The summed E-state index contributed by atoms with van der Waals surface area (Å²) < 4.78 is 34.5. The van der Waals surface area contributed by atoms with E-state index in [2.05, 4.69) is 14.9 Å². The van der Waals surface area contributed by atoms with Crippen molar-refractivity contribution in [2.45, 2.75) is 30.6 Å². The zero-order valence-electron chi connectivity index (χ0n) is 18.2. The van der Waals surface area contributed by atoms with Gasteiger partial charge in [0.15, 0.2) is 5.65 Å². The van der Waals surface area contributed by atoms with Crippen molar-refractivity contribution in [3.05, 3.63) is 59.5 Å². The van der Waals surface area contributed by atoms with Crippen LogP contribution in [0.1, 0.15) is 40.5 Å². The lowest BCUT2D eigenvalue weighted by atomic mass is 9.95. The van der Waals surface area contributed by atoms with Crippen LogP contribution in [-0.2, 0) is 14.8 Å². The molecule has 3 heterocycles. The summed E-state index contributed by atoms with van der Waals surface area (Å²) >= 11 is 0. The van der Waals surface area contributed by atoms with E-state index in [0.717, 1.165) is 29.9 Å². The van der Waals surface area contributed by atoms with Crippen LogP contribution < -0.4 is 4.72 Å². The molecule has 1 N–H and O–H groups in total. The molecular formula is C22H27N5O4S. The van der Waals surface area contributed by atoms with Crippen LogP contribution in [0.2, 0.25) is 0 Å². The molecule has 9 nitrogen and oxygen atoms in total. The topological polar surface area (TPSA) is 106 Å². The molecule has 1 fully saturated rings. The van der Waals surface area contributed by atoms with E-state index in [1.54, 1.807) is 11.0 Å². The highest BCUT2D eigenvalue weighted by atomic mass is 32.2. The van der Waals surface area contributed by atoms with E-state index in [-0.39, 0.29) is 29.9 Å². The fourth-order valence-electron chi connectivity index (χ4n) is 4.01. The van der Waals surface area contributed by atoms with E-state index in [4.69, 9.17) is 4.74 Å². The first kappa shape index (κ1) is 22.4. The highest BCUT2D eigenvalue weighted by Gasteiger charge is 2.28. The summed E-state index contributed by atoms with van der Waals surface area (Å²) in [6.07, 6.45) is 3.51. The lowest BCUT2D eigenvalue weighted by Gasteiger charge is -2.31. The van der Waals surface area contributed by atoms with E-state index in [0.29, 0.717) is 18.7 Å². The number of nitrogens with zero attached hydrogens (tertiary/aromatic N) is 4. The quantitative estimate of drug-likeness (QED) is 0.544. The third-order valence-corrected chi connectivity index (χ3v) is 7.29. The molecule has 170 valence electrons. The van der Waals surface area contributed by atoms with Gasteiger partial charge in [-0.2, -0.15) is 0 Å². The van der Waals surface area contributed by atoms with Crippen molar-refractivity contribution in [2.75, 3.05) is 33.4 Å². The molecule has 10 heteroatoms. The van der Waals surface area contributed by atoms with Crippen LogP contribution in [0.3, 0.4) is 0 Å². The number of ether oxygens (including phenoxy) is 1.